The van der Waals surface area contributed by atoms with Gasteiger partial charge in [-0.05, 0) is 12.8 Å². The number of hydrogen-bond donors (Lipinski definition) is 2. The molecule has 0 aromatic carbocycles. The second kappa shape index (κ2) is 4.33. The Morgan fingerprint density at radius 1 is 1.67 bits per heavy atom. The molecule has 1 aliphatic carbocycles. The maximum absolute atomic E-state index is 10.7. The highest BCUT2D eigenvalue weighted by atomic mass is 16.1. The van der Waals surface area contributed by atoms with Crippen LogP contribution in [0.2, 0.25) is 0 Å². The Hall–Kier alpha value is -1.52. The molecule has 1 amide bonds. The van der Waals surface area contributed by atoms with E-state index in [0.717, 1.165) is 12.5 Å². The van der Waals surface area contributed by atoms with Gasteiger partial charge in [-0.15, -0.1) is 0 Å². The standard InChI is InChI=1S/C10H16N4O/c1-8(15)11-4-6-14-7-5-12-10(14)13-9-2-3-9/h5,7,9H,2-4,6H2,1H3,(H,11,15)(H,12,13). The highest BCUT2D eigenvalue weighted by molar-refractivity contribution is 5.72. The molecule has 0 saturated heterocycles. The van der Waals surface area contributed by atoms with Crippen molar-refractivity contribution in [2.24, 2.45) is 0 Å². The lowest BCUT2D eigenvalue weighted by atomic mass is 10.5. The minimum atomic E-state index is 0.00631. The van der Waals surface area contributed by atoms with E-state index in [2.05, 4.69) is 15.6 Å². The molecule has 0 aliphatic heterocycles. The fourth-order valence-corrected chi connectivity index (χ4v) is 1.39. The SMILES string of the molecule is CC(=O)NCCn1ccnc1NC1CC1. The van der Waals surface area contributed by atoms with Crippen LogP contribution in [0.15, 0.2) is 12.4 Å². The maximum atomic E-state index is 10.7. The number of nitrogens with one attached hydrogen (secondary N) is 2. The number of amides is 1. The number of hydrogen-bond acceptors (Lipinski definition) is 3. The summed E-state index contributed by atoms with van der Waals surface area (Å²) in [7, 11) is 0. The molecule has 1 heterocycles. The summed E-state index contributed by atoms with van der Waals surface area (Å²) in [5, 5.41) is 6.11. The molecule has 1 aromatic heterocycles. The van der Waals surface area contributed by atoms with Gasteiger partial charge in [0.25, 0.3) is 0 Å². The van der Waals surface area contributed by atoms with Crippen LogP contribution in [-0.4, -0.2) is 28.0 Å². The van der Waals surface area contributed by atoms with E-state index in [0.29, 0.717) is 12.6 Å². The highest BCUT2D eigenvalue weighted by Crippen LogP contribution is 2.23. The molecule has 0 bridgehead atoms. The summed E-state index contributed by atoms with van der Waals surface area (Å²) in [5.74, 6) is 0.912. The van der Waals surface area contributed by atoms with E-state index in [9.17, 15) is 4.79 Å². The van der Waals surface area contributed by atoms with Crippen molar-refractivity contribution in [3.63, 3.8) is 0 Å². The van der Waals surface area contributed by atoms with Gasteiger partial charge in [0.15, 0.2) is 0 Å². The van der Waals surface area contributed by atoms with E-state index in [1.54, 1.807) is 6.20 Å². The molecule has 82 valence electrons. The normalized spacial score (nSPS) is 15.0. The van der Waals surface area contributed by atoms with E-state index < -0.39 is 0 Å². The summed E-state index contributed by atoms with van der Waals surface area (Å²) >= 11 is 0. The van der Waals surface area contributed by atoms with Crippen LogP contribution in [0.4, 0.5) is 5.95 Å². The molecule has 0 atom stereocenters. The van der Waals surface area contributed by atoms with Gasteiger partial charge in [-0.2, -0.15) is 0 Å². The minimum absolute atomic E-state index is 0.00631. The molecule has 1 fully saturated rings. The van der Waals surface area contributed by atoms with Gasteiger partial charge in [0, 0.05) is 38.4 Å². The van der Waals surface area contributed by atoms with Gasteiger partial charge in [-0.25, -0.2) is 4.98 Å². The third-order valence-electron chi connectivity index (χ3n) is 2.35. The second-order valence-corrected chi connectivity index (χ2v) is 3.85. The Bertz CT molecular complexity index is 343. The Morgan fingerprint density at radius 3 is 3.13 bits per heavy atom. The third kappa shape index (κ3) is 2.97. The largest absolute Gasteiger partial charge is 0.355 e. The molecule has 2 rings (SSSR count). The predicted molar refractivity (Wildman–Crippen MR) is 57.6 cm³/mol. The van der Waals surface area contributed by atoms with Crippen molar-refractivity contribution in [1.29, 1.82) is 0 Å². The van der Waals surface area contributed by atoms with Crippen molar-refractivity contribution in [2.45, 2.75) is 32.4 Å². The van der Waals surface area contributed by atoms with E-state index in [1.807, 2.05) is 10.8 Å². The van der Waals surface area contributed by atoms with Gasteiger partial charge in [0.1, 0.15) is 0 Å². The highest BCUT2D eigenvalue weighted by Gasteiger charge is 2.22. The molecular weight excluding hydrogens is 192 g/mol. The van der Waals surface area contributed by atoms with Gasteiger partial charge in [0.2, 0.25) is 11.9 Å². The number of carbonyl (C=O) groups is 1. The summed E-state index contributed by atoms with van der Waals surface area (Å²) in [4.78, 5) is 14.9. The van der Waals surface area contributed by atoms with Crippen molar-refractivity contribution in [2.75, 3.05) is 11.9 Å². The van der Waals surface area contributed by atoms with E-state index in [1.165, 1.54) is 19.8 Å². The van der Waals surface area contributed by atoms with Crippen molar-refractivity contribution in [3.05, 3.63) is 12.4 Å². The topological polar surface area (TPSA) is 59.0 Å². The first kappa shape index (κ1) is 10.0. The number of anilines is 1. The van der Waals surface area contributed by atoms with Gasteiger partial charge in [-0.3, -0.25) is 4.79 Å². The molecule has 0 radical (unpaired) electrons. The first-order valence-electron chi connectivity index (χ1n) is 5.28. The molecule has 1 aliphatic rings. The molecule has 1 aromatic rings. The number of rotatable bonds is 5. The first-order chi connectivity index (χ1) is 7.25. The van der Waals surface area contributed by atoms with Crippen molar-refractivity contribution >= 4 is 11.9 Å². The lowest BCUT2D eigenvalue weighted by Gasteiger charge is -2.08. The lowest BCUT2D eigenvalue weighted by molar-refractivity contribution is -0.118. The fourth-order valence-electron chi connectivity index (χ4n) is 1.39. The Labute approximate surface area is 88.9 Å². The van der Waals surface area contributed by atoms with Gasteiger partial charge in [0.05, 0.1) is 0 Å². The number of carbonyl (C=O) groups excluding carboxylic acids is 1. The van der Waals surface area contributed by atoms with Crippen molar-refractivity contribution < 1.29 is 4.79 Å². The van der Waals surface area contributed by atoms with Crippen LogP contribution in [0.5, 0.6) is 0 Å². The molecule has 1 saturated carbocycles. The van der Waals surface area contributed by atoms with Crippen LogP contribution in [-0.2, 0) is 11.3 Å². The van der Waals surface area contributed by atoms with Crippen LogP contribution in [0.3, 0.4) is 0 Å². The third-order valence-corrected chi connectivity index (χ3v) is 2.35. The lowest BCUT2D eigenvalue weighted by Crippen LogP contribution is -2.24. The molecule has 5 heteroatoms. The predicted octanol–water partition coefficient (Wildman–Crippen LogP) is 0.593. The zero-order chi connectivity index (χ0) is 10.7. The summed E-state index contributed by atoms with van der Waals surface area (Å²) in [6.45, 7) is 2.93. The molecule has 0 spiro atoms. The van der Waals surface area contributed by atoms with E-state index >= 15 is 0 Å². The quantitative estimate of drug-likeness (QED) is 0.744. The molecular formula is C10H16N4O. The van der Waals surface area contributed by atoms with Crippen LogP contribution in [0.25, 0.3) is 0 Å². The monoisotopic (exact) mass is 208 g/mol. The number of aromatic nitrogens is 2. The zero-order valence-corrected chi connectivity index (χ0v) is 8.86. The maximum Gasteiger partial charge on any atom is 0.216 e. The smallest absolute Gasteiger partial charge is 0.216 e. The summed E-state index contributed by atoms with van der Waals surface area (Å²) < 4.78 is 2.02. The van der Waals surface area contributed by atoms with Gasteiger partial charge < -0.3 is 15.2 Å². The van der Waals surface area contributed by atoms with Crippen molar-refractivity contribution in [3.8, 4) is 0 Å². The number of imidazole rings is 1. The van der Waals surface area contributed by atoms with E-state index in [4.69, 9.17) is 0 Å². The number of nitrogens with zero attached hydrogens (tertiary/aromatic N) is 2. The molecule has 5 nitrogen and oxygen atoms in total. The summed E-state index contributed by atoms with van der Waals surface area (Å²) in [6.07, 6.45) is 6.17. The van der Waals surface area contributed by atoms with Crippen LogP contribution in [0, 0.1) is 0 Å². The first-order valence-corrected chi connectivity index (χ1v) is 5.28. The van der Waals surface area contributed by atoms with E-state index in [-0.39, 0.29) is 5.91 Å². The average molecular weight is 208 g/mol. The van der Waals surface area contributed by atoms with Gasteiger partial charge >= 0.3 is 0 Å². The Morgan fingerprint density at radius 2 is 2.47 bits per heavy atom. The van der Waals surface area contributed by atoms with Crippen LogP contribution >= 0.6 is 0 Å². The summed E-state index contributed by atoms with van der Waals surface area (Å²) in [5.41, 5.74) is 0. The zero-order valence-electron chi connectivity index (χ0n) is 8.86. The van der Waals surface area contributed by atoms with Crippen LogP contribution in [0.1, 0.15) is 19.8 Å². The summed E-state index contributed by atoms with van der Waals surface area (Å²) in [6, 6.07) is 0.604. The second-order valence-electron chi connectivity index (χ2n) is 3.85. The van der Waals surface area contributed by atoms with Crippen LogP contribution < -0.4 is 10.6 Å². The fraction of sp³-hybridized carbons (Fsp3) is 0.600. The molecule has 2 N–H and O–H groups in total. The molecule has 0 unspecified atom stereocenters. The Balaban J connectivity index is 1.83. The minimum Gasteiger partial charge on any atom is -0.355 e. The van der Waals surface area contributed by atoms with Gasteiger partial charge in [-0.1, -0.05) is 0 Å². The van der Waals surface area contributed by atoms with Crippen molar-refractivity contribution in [1.82, 2.24) is 14.9 Å². The Kier molecular flexibility index (Phi) is 2.89. The average Bonchev–Trinajstić information content (AvgIpc) is 2.87. The molecule has 15 heavy (non-hydrogen) atoms.